The van der Waals surface area contributed by atoms with Crippen molar-refractivity contribution in [3.8, 4) is 5.75 Å². The third-order valence-electron chi connectivity index (χ3n) is 2.52. The highest BCUT2D eigenvalue weighted by molar-refractivity contribution is 9.10. The van der Waals surface area contributed by atoms with Crippen LogP contribution in [-0.4, -0.2) is 16.8 Å². The quantitative estimate of drug-likeness (QED) is 0.804. The molecule has 1 aromatic rings. The number of phenolic OH excluding ortho intramolecular Hbond substituents is 1. The highest BCUT2D eigenvalue weighted by atomic mass is 79.9. The summed E-state index contributed by atoms with van der Waals surface area (Å²) in [4.78, 5) is 0. The van der Waals surface area contributed by atoms with E-state index < -0.39 is 0 Å². The second-order valence-electron chi connectivity index (χ2n) is 3.68. The van der Waals surface area contributed by atoms with E-state index in [2.05, 4.69) is 15.9 Å². The molecule has 0 saturated heterocycles. The van der Waals surface area contributed by atoms with Crippen LogP contribution in [-0.2, 0) is 0 Å². The Balaban J connectivity index is 0.00000225. The second kappa shape index (κ2) is 6.45. The summed E-state index contributed by atoms with van der Waals surface area (Å²) in [5.41, 5.74) is 8.51. The van der Waals surface area contributed by atoms with Gasteiger partial charge in [0.25, 0.3) is 0 Å². The number of benzene rings is 1. The van der Waals surface area contributed by atoms with Crippen molar-refractivity contribution in [1.29, 1.82) is 0 Å². The smallest absolute Gasteiger partial charge is 0.120 e. The van der Waals surface area contributed by atoms with Crippen LogP contribution in [0.4, 0.5) is 0 Å². The van der Waals surface area contributed by atoms with Crippen molar-refractivity contribution >= 4 is 28.3 Å². The molecule has 0 unspecified atom stereocenters. The van der Waals surface area contributed by atoms with Gasteiger partial charge in [0, 0.05) is 22.7 Å². The van der Waals surface area contributed by atoms with E-state index in [-0.39, 0.29) is 30.8 Å². The minimum absolute atomic E-state index is 0. The zero-order valence-corrected chi connectivity index (χ0v) is 11.7. The SMILES string of the molecule is Cc1cc(O)c([C@@H](N)CCO)c(C)c1Br.Cl. The Labute approximate surface area is 110 Å². The summed E-state index contributed by atoms with van der Waals surface area (Å²) >= 11 is 3.45. The van der Waals surface area contributed by atoms with E-state index in [1.54, 1.807) is 6.07 Å². The molecule has 0 fully saturated rings. The van der Waals surface area contributed by atoms with Gasteiger partial charge in [0.15, 0.2) is 0 Å². The van der Waals surface area contributed by atoms with Crippen molar-refractivity contribution in [3.63, 3.8) is 0 Å². The lowest BCUT2D eigenvalue weighted by molar-refractivity contribution is 0.275. The molecule has 0 aliphatic carbocycles. The number of aliphatic hydroxyl groups excluding tert-OH is 1. The lowest BCUT2D eigenvalue weighted by Gasteiger charge is -2.17. The molecule has 16 heavy (non-hydrogen) atoms. The van der Waals surface area contributed by atoms with Gasteiger partial charge in [0.2, 0.25) is 0 Å². The number of phenols is 1. The molecule has 1 atom stereocenters. The first-order valence-electron chi connectivity index (χ1n) is 4.84. The molecule has 92 valence electrons. The number of aromatic hydroxyl groups is 1. The van der Waals surface area contributed by atoms with Crippen molar-refractivity contribution < 1.29 is 10.2 Å². The summed E-state index contributed by atoms with van der Waals surface area (Å²) in [6.07, 6.45) is 0.448. The first-order chi connectivity index (χ1) is 6.99. The molecule has 0 aliphatic heterocycles. The third kappa shape index (κ3) is 3.10. The van der Waals surface area contributed by atoms with Gasteiger partial charge in [-0.3, -0.25) is 0 Å². The first kappa shape index (κ1) is 15.7. The molecule has 0 aromatic heterocycles. The average Bonchev–Trinajstić information content (AvgIpc) is 2.15. The van der Waals surface area contributed by atoms with Crippen molar-refractivity contribution in [2.75, 3.05) is 6.61 Å². The highest BCUT2D eigenvalue weighted by Gasteiger charge is 2.16. The van der Waals surface area contributed by atoms with Crippen molar-refractivity contribution in [3.05, 3.63) is 27.2 Å². The Hall–Kier alpha value is -0.290. The Morgan fingerprint density at radius 3 is 2.50 bits per heavy atom. The minimum atomic E-state index is -0.327. The van der Waals surface area contributed by atoms with E-state index in [9.17, 15) is 5.11 Å². The highest BCUT2D eigenvalue weighted by Crippen LogP contribution is 2.35. The third-order valence-corrected chi connectivity index (χ3v) is 3.74. The van der Waals surface area contributed by atoms with Gasteiger partial charge in [-0.15, -0.1) is 12.4 Å². The summed E-state index contributed by atoms with van der Waals surface area (Å²) in [6.45, 7) is 3.84. The predicted molar refractivity (Wildman–Crippen MR) is 71.2 cm³/mol. The van der Waals surface area contributed by atoms with Crippen LogP contribution in [0, 0.1) is 13.8 Å². The second-order valence-corrected chi connectivity index (χ2v) is 4.48. The lowest BCUT2D eigenvalue weighted by Crippen LogP contribution is -2.14. The molecule has 4 N–H and O–H groups in total. The summed E-state index contributed by atoms with van der Waals surface area (Å²) in [5, 5.41) is 18.6. The number of hydrogen-bond acceptors (Lipinski definition) is 3. The van der Waals surface area contributed by atoms with Crippen LogP contribution in [0.5, 0.6) is 5.75 Å². The molecule has 0 bridgehead atoms. The zero-order valence-electron chi connectivity index (χ0n) is 9.33. The van der Waals surface area contributed by atoms with Gasteiger partial charge >= 0.3 is 0 Å². The first-order valence-corrected chi connectivity index (χ1v) is 5.63. The Kier molecular flexibility index (Phi) is 6.33. The van der Waals surface area contributed by atoms with Crippen molar-refractivity contribution in [2.24, 2.45) is 5.73 Å². The van der Waals surface area contributed by atoms with Crippen LogP contribution in [0.3, 0.4) is 0 Å². The van der Waals surface area contributed by atoms with E-state index in [1.165, 1.54) is 0 Å². The maximum Gasteiger partial charge on any atom is 0.120 e. The zero-order chi connectivity index (χ0) is 11.6. The van der Waals surface area contributed by atoms with E-state index in [0.717, 1.165) is 15.6 Å². The van der Waals surface area contributed by atoms with Gasteiger partial charge in [0.1, 0.15) is 5.75 Å². The number of hydrogen-bond donors (Lipinski definition) is 3. The van der Waals surface area contributed by atoms with Gasteiger partial charge in [-0.05, 0) is 37.5 Å². The molecule has 5 heteroatoms. The molecular weight excluding hydrogens is 293 g/mol. The van der Waals surface area contributed by atoms with Crippen LogP contribution in [0.25, 0.3) is 0 Å². The van der Waals surface area contributed by atoms with Gasteiger partial charge in [0.05, 0.1) is 0 Å². The number of aryl methyl sites for hydroxylation is 1. The fourth-order valence-electron chi connectivity index (χ4n) is 1.70. The standard InChI is InChI=1S/C11H16BrNO2.ClH/c1-6-5-9(15)10(7(2)11(6)12)8(13)3-4-14;/h5,8,14-15H,3-4,13H2,1-2H3;1H/t8-;/m0./s1. The summed E-state index contributed by atoms with van der Waals surface area (Å²) < 4.78 is 0.962. The normalized spacial score (nSPS) is 12.1. The Bertz CT molecular complexity index is 371. The number of rotatable bonds is 3. The van der Waals surface area contributed by atoms with E-state index in [1.807, 2.05) is 13.8 Å². The Morgan fingerprint density at radius 2 is 2.00 bits per heavy atom. The average molecular weight is 311 g/mol. The van der Waals surface area contributed by atoms with Gasteiger partial charge in [-0.25, -0.2) is 0 Å². The summed E-state index contributed by atoms with van der Waals surface area (Å²) in [6, 6.07) is 1.36. The predicted octanol–water partition coefficient (Wildman–Crippen LogP) is 2.58. The monoisotopic (exact) mass is 309 g/mol. The summed E-state index contributed by atoms with van der Waals surface area (Å²) in [5.74, 6) is 0.203. The van der Waals surface area contributed by atoms with E-state index >= 15 is 0 Å². The van der Waals surface area contributed by atoms with Crippen LogP contribution in [0.2, 0.25) is 0 Å². The van der Waals surface area contributed by atoms with Crippen LogP contribution < -0.4 is 5.73 Å². The lowest BCUT2D eigenvalue weighted by atomic mass is 9.96. The molecule has 0 radical (unpaired) electrons. The number of aliphatic hydroxyl groups is 1. The molecule has 1 aromatic carbocycles. The molecule has 0 heterocycles. The maximum atomic E-state index is 9.81. The van der Waals surface area contributed by atoms with Gasteiger partial charge in [-0.2, -0.15) is 0 Å². The van der Waals surface area contributed by atoms with E-state index in [0.29, 0.717) is 12.0 Å². The summed E-state index contributed by atoms with van der Waals surface area (Å²) in [7, 11) is 0. The number of nitrogens with two attached hydrogens (primary N) is 1. The fraction of sp³-hybridized carbons (Fsp3) is 0.455. The van der Waals surface area contributed by atoms with Crippen LogP contribution >= 0.6 is 28.3 Å². The topological polar surface area (TPSA) is 66.5 Å². The van der Waals surface area contributed by atoms with Crippen molar-refractivity contribution in [1.82, 2.24) is 0 Å². The molecule has 0 saturated carbocycles. The Morgan fingerprint density at radius 1 is 1.44 bits per heavy atom. The van der Waals surface area contributed by atoms with Crippen LogP contribution in [0.15, 0.2) is 10.5 Å². The largest absolute Gasteiger partial charge is 0.508 e. The fourth-order valence-corrected chi connectivity index (χ4v) is 2.03. The van der Waals surface area contributed by atoms with Gasteiger partial charge < -0.3 is 15.9 Å². The van der Waals surface area contributed by atoms with Gasteiger partial charge in [-0.1, -0.05) is 15.9 Å². The molecule has 0 aliphatic rings. The minimum Gasteiger partial charge on any atom is -0.508 e. The number of halogens is 2. The maximum absolute atomic E-state index is 9.81. The van der Waals surface area contributed by atoms with Crippen LogP contribution in [0.1, 0.15) is 29.2 Å². The molecule has 0 spiro atoms. The molecule has 1 rings (SSSR count). The molecule has 3 nitrogen and oxygen atoms in total. The molecular formula is C11H17BrClNO2. The van der Waals surface area contributed by atoms with E-state index in [4.69, 9.17) is 10.8 Å². The van der Waals surface area contributed by atoms with Crippen molar-refractivity contribution in [2.45, 2.75) is 26.3 Å². The molecule has 0 amide bonds.